The summed E-state index contributed by atoms with van der Waals surface area (Å²) in [5.74, 6) is 1.72. The van der Waals surface area contributed by atoms with Crippen molar-refractivity contribution >= 4 is 21.5 Å². The zero-order chi connectivity index (χ0) is 16.6. The third-order valence-corrected chi connectivity index (χ3v) is 4.65. The molecule has 23 heavy (non-hydrogen) atoms. The second kappa shape index (κ2) is 5.96. The fourth-order valence-electron chi connectivity index (χ4n) is 3.29. The van der Waals surface area contributed by atoms with E-state index in [0.29, 0.717) is 6.42 Å². The summed E-state index contributed by atoms with van der Waals surface area (Å²) < 4.78 is 11.4. The molecular formula is C21H22O2. The minimum atomic E-state index is 0.716. The lowest BCUT2D eigenvalue weighted by Crippen LogP contribution is -1.98. The van der Waals surface area contributed by atoms with Crippen LogP contribution >= 0.6 is 0 Å². The van der Waals surface area contributed by atoms with Gasteiger partial charge < -0.3 is 9.47 Å². The number of ether oxygens (including phenoxy) is 2. The summed E-state index contributed by atoms with van der Waals surface area (Å²) in [6.07, 6.45) is 2.59. The van der Waals surface area contributed by atoms with Crippen LogP contribution in [-0.4, -0.2) is 14.2 Å². The normalized spacial score (nSPS) is 11.0. The van der Waals surface area contributed by atoms with Gasteiger partial charge in [0.1, 0.15) is 11.5 Å². The van der Waals surface area contributed by atoms with Crippen LogP contribution in [0.1, 0.15) is 16.7 Å². The predicted molar refractivity (Wildman–Crippen MR) is 97.9 cm³/mol. The number of aryl methyl sites for hydroxylation is 2. The third-order valence-electron chi connectivity index (χ3n) is 4.65. The molecule has 3 aromatic carbocycles. The van der Waals surface area contributed by atoms with E-state index in [-0.39, 0.29) is 0 Å². The van der Waals surface area contributed by atoms with Crippen molar-refractivity contribution in [1.29, 1.82) is 0 Å². The predicted octanol–water partition coefficient (Wildman–Crippen LogP) is 5.36. The van der Waals surface area contributed by atoms with Gasteiger partial charge in [-0.25, -0.2) is 0 Å². The Bertz CT molecular complexity index is 907. The van der Waals surface area contributed by atoms with Gasteiger partial charge in [0.25, 0.3) is 0 Å². The molecule has 0 aliphatic heterocycles. The van der Waals surface area contributed by atoms with E-state index in [1.807, 2.05) is 6.08 Å². The Morgan fingerprint density at radius 3 is 2.26 bits per heavy atom. The molecule has 3 aromatic rings. The number of hydrogen-bond donors (Lipinski definition) is 0. The summed E-state index contributed by atoms with van der Waals surface area (Å²) in [5.41, 5.74) is 3.66. The largest absolute Gasteiger partial charge is 0.496 e. The summed E-state index contributed by atoms with van der Waals surface area (Å²) >= 11 is 0. The highest BCUT2D eigenvalue weighted by molar-refractivity contribution is 6.11. The van der Waals surface area contributed by atoms with Crippen LogP contribution < -0.4 is 9.47 Å². The molecule has 0 aliphatic carbocycles. The average molecular weight is 306 g/mol. The van der Waals surface area contributed by atoms with Gasteiger partial charge in [-0.1, -0.05) is 24.3 Å². The number of allylic oxidation sites excluding steroid dienone is 1. The molecule has 0 radical (unpaired) electrons. The number of hydrogen-bond acceptors (Lipinski definition) is 2. The van der Waals surface area contributed by atoms with Crippen molar-refractivity contribution in [1.82, 2.24) is 0 Å². The van der Waals surface area contributed by atoms with Crippen molar-refractivity contribution < 1.29 is 9.47 Å². The fraction of sp³-hybridized carbons (Fsp3) is 0.238. The smallest absolute Gasteiger partial charge is 0.133 e. The number of benzene rings is 3. The van der Waals surface area contributed by atoms with E-state index < -0.39 is 0 Å². The van der Waals surface area contributed by atoms with Crippen LogP contribution in [0, 0.1) is 13.8 Å². The first-order valence-electron chi connectivity index (χ1n) is 7.79. The molecule has 0 fully saturated rings. The van der Waals surface area contributed by atoms with Crippen molar-refractivity contribution in [2.24, 2.45) is 0 Å². The quantitative estimate of drug-likeness (QED) is 0.477. The van der Waals surface area contributed by atoms with E-state index in [2.05, 4.69) is 50.8 Å². The van der Waals surface area contributed by atoms with E-state index in [0.717, 1.165) is 27.8 Å². The molecule has 0 bridgehead atoms. The van der Waals surface area contributed by atoms with Gasteiger partial charge >= 0.3 is 0 Å². The van der Waals surface area contributed by atoms with Gasteiger partial charge in [-0.2, -0.15) is 0 Å². The summed E-state index contributed by atoms with van der Waals surface area (Å²) in [5, 5.41) is 4.78. The molecule has 0 spiro atoms. The second-order valence-electron chi connectivity index (χ2n) is 5.85. The molecule has 0 saturated carbocycles. The van der Waals surface area contributed by atoms with Crippen LogP contribution in [0.25, 0.3) is 21.5 Å². The van der Waals surface area contributed by atoms with Crippen LogP contribution in [0.2, 0.25) is 0 Å². The Labute approximate surface area is 137 Å². The Kier molecular flexibility index (Phi) is 3.99. The monoisotopic (exact) mass is 306 g/mol. The van der Waals surface area contributed by atoms with Gasteiger partial charge in [-0.05, 0) is 59.7 Å². The van der Waals surface area contributed by atoms with Gasteiger partial charge in [-0.15, -0.1) is 6.58 Å². The Balaban J connectivity index is 2.49. The standard InChI is InChI=1S/C21H22O2/c1-6-7-18-20(22-4)12-19-16-9-8-13(2)14(3)15(16)10-11-17(19)21(18)23-5/h6,8-12H,1,7H2,2-5H3. The summed E-state index contributed by atoms with van der Waals surface area (Å²) in [6, 6.07) is 10.8. The van der Waals surface area contributed by atoms with Gasteiger partial charge in [0.05, 0.1) is 14.2 Å². The van der Waals surface area contributed by atoms with E-state index in [1.54, 1.807) is 14.2 Å². The van der Waals surface area contributed by atoms with Crippen molar-refractivity contribution in [3.05, 3.63) is 59.7 Å². The van der Waals surface area contributed by atoms with Crippen LogP contribution in [0.15, 0.2) is 43.0 Å². The topological polar surface area (TPSA) is 18.5 Å². The summed E-state index contributed by atoms with van der Waals surface area (Å²) in [6.45, 7) is 8.16. The van der Waals surface area contributed by atoms with Crippen molar-refractivity contribution in [3.8, 4) is 11.5 Å². The maximum Gasteiger partial charge on any atom is 0.133 e. The summed E-state index contributed by atoms with van der Waals surface area (Å²) in [7, 11) is 3.42. The van der Waals surface area contributed by atoms with Crippen molar-refractivity contribution in [2.75, 3.05) is 14.2 Å². The van der Waals surface area contributed by atoms with E-state index in [1.165, 1.54) is 21.9 Å². The molecule has 0 atom stereocenters. The van der Waals surface area contributed by atoms with Crippen LogP contribution in [0.3, 0.4) is 0 Å². The van der Waals surface area contributed by atoms with Crippen molar-refractivity contribution in [3.63, 3.8) is 0 Å². The second-order valence-corrected chi connectivity index (χ2v) is 5.85. The third kappa shape index (κ3) is 2.35. The minimum Gasteiger partial charge on any atom is -0.496 e. The lowest BCUT2D eigenvalue weighted by Gasteiger charge is -2.17. The molecule has 0 N–H and O–H groups in total. The van der Waals surface area contributed by atoms with E-state index >= 15 is 0 Å². The van der Waals surface area contributed by atoms with Gasteiger partial charge in [0.15, 0.2) is 0 Å². The highest BCUT2D eigenvalue weighted by Gasteiger charge is 2.16. The van der Waals surface area contributed by atoms with Crippen LogP contribution in [0.5, 0.6) is 11.5 Å². The van der Waals surface area contributed by atoms with E-state index in [9.17, 15) is 0 Å². The van der Waals surface area contributed by atoms with Gasteiger partial charge in [-0.3, -0.25) is 0 Å². The number of methoxy groups -OCH3 is 2. The van der Waals surface area contributed by atoms with Gasteiger partial charge in [0.2, 0.25) is 0 Å². The molecule has 0 saturated heterocycles. The minimum absolute atomic E-state index is 0.716. The lowest BCUT2D eigenvalue weighted by atomic mass is 9.93. The molecule has 118 valence electrons. The lowest BCUT2D eigenvalue weighted by molar-refractivity contribution is 0.391. The maximum absolute atomic E-state index is 5.73. The summed E-state index contributed by atoms with van der Waals surface area (Å²) in [4.78, 5) is 0. The van der Waals surface area contributed by atoms with Gasteiger partial charge in [0, 0.05) is 10.9 Å². The van der Waals surface area contributed by atoms with E-state index in [4.69, 9.17) is 9.47 Å². The Morgan fingerprint density at radius 2 is 1.61 bits per heavy atom. The highest BCUT2D eigenvalue weighted by Crippen LogP contribution is 2.41. The molecule has 0 unspecified atom stereocenters. The number of rotatable bonds is 4. The molecule has 0 aliphatic rings. The molecule has 0 heterocycles. The van der Waals surface area contributed by atoms with Crippen LogP contribution in [0.4, 0.5) is 0 Å². The Morgan fingerprint density at radius 1 is 0.913 bits per heavy atom. The molecule has 0 amide bonds. The molecule has 3 rings (SSSR count). The SMILES string of the molecule is C=CCc1c(OC)cc2c(ccc3c(C)c(C)ccc32)c1OC. The average Bonchev–Trinajstić information content (AvgIpc) is 2.57. The zero-order valence-electron chi connectivity index (χ0n) is 14.2. The molecular weight excluding hydrogens is 284 g/mol. The highest BCUT2D eigenvalue weighted by atomic mass is 16.5. The zero-order valence-corrected chi connectivity index (χ0v) is 14.2. The fourth-order valence-corrected chi connectivity index (χ4v) is 3.29. The first-order chi connectivity index (χ1) is 11.1. The van der Waals surface area contributed by atoms with Crippen molar-refractivity contribution in [2.45, 2.75) is 20.3 Å². The maximum atomic E-state index is 5.73. The Hall–Kier alpha value is -2.48. The molecule has 2 heteroatoms. The molecule has 2 nitrogen and oxygen atoms in total. The first-order valence-corrected chi connectivity index (χ1v) is 7.79. The first kappa shape index (κ1) is 15.4. The van der Waals surface area contributed by atoms with Crippen LogP contribution in [-0.2, 0) is 6.42 Å². The molecule has 0 aromatic heterocycles. The number of fused-ring (bicyclic) bond motifs is 3.